The van der Waals surface area contributed by atoms with E-state index in [2.05, 4.69) is 4.72 Å². The van der Waals surface area contributed by atoms with Gasteiger partial charge in [-0.2, -0.15) is 13.2 Å². The van der Waals surface area contributed by atoms with Crippen LogP contribution in [0.3, 0.4) is 0 Å². The number of benzene rings is 1. The molecule has 0 aliphatic rings. The zero-order chi connectivity index (χ0) is 16.1. The van der Waals surface area contributed by atoms with Gasteiger partial charge in [-0.3, -0.25) is 0 Å². The smallest absolute Gasteiger partial charge is 0.387 e. The van der Waals surface area contributed by atoms with E-state index < -0.39 is 34.4 Å². The number of hydrogen-bond acceptors (Lipinski definition) is 3. The van der Waals surface area contributed by atoms with E-state index in [1.165, 1.54) is 12.1 Å². The quantitative estimate of drug-likeness (QED) is 0.809. The molecule has 1 atom stereocenters. The van der Waals surface area contributed by atoms with Gasteiger partial charge in [0.05, 0.1) is 17.4 Å². The molecular formula is C13H18F3NO3S. The van der Waals surface area contributed by atoms with Crippen molar-refractivity contribution in [2.45, 2.75) is 32.0 Å². The Bertz CT molecular complexity index is 558. The Balaban J connectivity index is 2.80. The molecule has 1 aromatic rings. The first kappa shape index (κ1) is 17.9. The number of unbranched alkanes of at least 4 members (excludes halogenated alkanes) is 1. The van der Waals surface area contributed by atoms with E-state index >= 15 is 0 Å². The molecule has 21 heavy (non-hydrogen) atoms. The minimum absolute atomic E-state index is 0.114. The van der Waals surface area contributed by atoms with Gasteiger partial charge >= 0.3 is 6.18 Å². The minimum atomic E-state index is -4.60. The summed E-state index contributed by atoms with van der Waals surface area (Å²) in [6, 6.07) is 4.56. The average molecular weight is 325 g/mol. The van der Waals surface area contributed by atoms with E-state index in [4.69, 9.17) is 0 Å². The summed E-state index contributed by atoms with van der Waals surface area (Å²) in [6.07, 6.45) is -5.02. The third-order valence-electron chi connectivity index (χ3n) is 2.89. The molecule has 0 radical (unpaired) electrons. The van der Waals surface area contributed by atoms with Crippen LogP contribution >= 0.6 is 0 Å². The number of nitrogens with one attached hydrogen (secondary N) is 1. The number of aliphatic hydroxyl groups excluding tert-OH is 1. The molecule has 0 aliphatic heterocycles. The summed E-state index contributed by atoms with van der Waals surface area (Å²) < 4.78 is 63.6. The molecule has 0 heterocycles. The second-order valence-corrected chi connectivity index (χ2v) is 6.55. The zero-order valence-corrected chi connectivity index (χ0v) is 12.3. The van der Waals surface area contributed by atoms with Crippen LogP contribution in [0.2, 0.25) is 0 Å². The average Bonchev–Trinajstić information content (AvgIpc) is 2.42. The summed E-state index contributed by atoms with van der Waals surface area (Å²) in [5, 5.41) is 9.83. The lowest BCUT2D eigenvalue weighted by Gasteiger charge is -2.17. The van der Waals surface area contributed by atoms with Gasteiger partial charge in [-0.1, -0.05) is 31.5 Å². The molecule has 2 N–H and O–H groups in total. The topological polar surface area (TPSA) is 66.4 Å². The van der Waals surface area contributed by atoms with Crippen LogP contribution in [0.15, 0.2) is 24.3 Å². The maximum absolute atomic E-state index is 12.8. The fraction of sp³-hybridized carbons (Fsp3) is 0.538. The number of alkyl halides is 3. The number of hydrogen-bond donors (Lipinski definition) is 2. The molecule has 0 saturated carbocycles. The van der Waals surface area contributed by atoms with Crippen LogP contribution in [-0.2, 0) is 16.2 Å². The van der Waals surface area contributed by atoms with E-state index in [9.17, 15) is 26.7 Å². The summed E-state index contributed by atoms with van der Waals surface area (Å²) in [5.74, 6) is -0.114. The van der Waals surface area contributed by atoms with Crippen LogP contribution in [0.4, 0.5) is 13.2 Å². The van der Waals surface area contributed by atoms with Gasteiger partial charge in [-0.05, 0) is 18.1 Å². The second kappa shape index (κ2) is 7.24. The first-order chi connectivity index (χ1) is 9.67. The van der Waals surface area contributed by atoms with Crippen molar-refractivity contribution in [3.63, 3.8) is 0 Å². The summed E-state index contributed by atoms with van der Waals surface area (Å²) in [6.45, 7) is 1.34. The Morgan fingerprint density at radius 2 is 1.90 bits per heavy atom. The molecule has 1 aromatic carbocycles. The normalized spacial score (nSPS) is 14.1. The van der Waals surface area contributed by atoms with Crippen molar-refractivity contribution in [2.75, 3.05) is 12.3 Å². The van der Waals surface area contributed by atoms with E-state index in [1.54, 1.807) is 0 Å². The van der Waals surface area contributed by atoms with Crippen LogP contribution in [0.1, 0.15) is 37.0 Å². The maximum atomic E-state index is 12.8. The lowest BCUT2D eigenvalue weighted by molar-refractivity contribution is -0.139. The Hall–Kier alpha value is -1.12. The standard InChI is InChI=1S/C13H18F3NO3S/c1-2-3-8-21(19,20)17-9-12(18)10-6-4-5-7-11(10)13(14,15)16/h4-7,12,17-18H,2-3,8-9H2,1H3. The van der Waals surface area contributed by atoms with Crippen molar-refractivity contribution in [1.29, 1.82) is 0 Å². The van der Waals surface area contributed by atoms with Crippen LogP contribution in [0.5, 0.6) is 0 Å². The molecule has 0 amide bonds. The van der Waals surface area contributed by atoms with Gasteiger partial charge in [-0.25, -0.2) is 13.1 Å². The molecule has 8 heteroatoms. The number of sulfonamides is 1. The van der Waals surface area contributed by atoms with Crippen molar-refractivity contribution in [3.8, 4) is 0 Å². The molecule has 0 saturated heterocycles. The monoisotopic (exact) mass is 325 g/mol. The molecule has 0 spiro atoms. The molecule has 0 bridgehead atoms. The van der Waals surface area contributed by atoms with Gasteiger partial charge in [0.15, 0.2) is 0 Å². The Morgan fingerprint density at radius 1 is 1.29 bits per heavy atom. The third-order valence-corrected chi connectivity index (χ3v) is 4.32. The maximum Gasteiger partial charge on any atom is 0.416 e. The summed E-state index contributed by atoms with van der Waals surface area (Å²) in [5.41, 5.74) is -1.31. The van der Waals surface area contributed by atoms with Gasteiger partial charge in [0, 0.05) is 6.54 Å². The number of rotatable bonds is 7. The van der Waals surface area contributed by atoms with Crippen LogP contribution in [-0.4, -0.2) is 25.8 Å². The molecule has 1 rings (SSSR count). The molecule has 4 nitrogen and oxygen atoms in total. The van der Waals surface area contributed by atoms with E-state index in [-0.39, 0.29) is 11.3 Å². The summed E-state index contributed by atoms with van der Waals surface area (Å²) in [7, 11) is -3.59. The summed E-state index contributed by atoms with van der Waals surface area (Å²) in [4.78, 5) is 0. The molecule has 0 fully saturated rings. The minimum Gasteiger partial charge on any atom is -0.387 e. The van der Waals surface area contributed by atoms with Gasteiger partial charge in [0.1, 0.15) is 0 Å². The fourth-order valence-electron chi connectivity index (χ4n) is 1.77. The third kappa shape index (κ3) is 5.64. The van der Waals surface area contributed by atoms with E-state index in [0.717, 1.165) is 12.1 Å². The SMILES string of the molecule is CCCCS(=O)(=O)NCC(O)c1ccccc1C(F)(F)F. The van der Waals surface area contributed by atoms with Crippen molar-refractivity contribution in [3.05, 3.63) is 35.4 Å². The lowest BCUT2D eigenvalue weighted by atomic mass is 10.0. The number of aliphatic hydroxyl groups is 1. The highest BCUT2D eigenvalue weighted by Crippen LogP contribution is 2.34. The first-order valence-corrected chi connectivity index (χ1v) is 8.14. The van der Waals surface area contributed by atoms with E-state index in [1.807, 2.05) is 6.92 Å². The van der Waals surface area contributed by atoms with Crippen LogP contribution in [0.25, 0.3) is 0 Å². The van der Waals surface area contributed by atoms with Gasteiger partial charge in [-0.15, -0.1) is 0 Å². The first-order valence-electron chi connectivity index (χ1n) is 6.49. The van der Waals surface area contributed by atoms with Crippen LogP contribution < -0.4 is 4.72 Å². The van der Waals surface area contributed by atoms with E-state index in [0.29, 0.717) is 12.8 Å². The molecule has 0 aromatic heterocycles. The van der Waals surface area contributed by atoms with Crippen molar-refractivity contribution in [1.82, 2.24) is 4.72 Å². The highest BCUT2D eigenvalue weighted by atomic mass is 32.2. The molecule has 120 valence electrons. The lowest BCUT2D eigenvalue weighted by Crippen LogP contribution is -2.31. The number of halogens is 3. The van der Waals surface area contributed by atoms with Gasteiger partial charge < -0.3 is 5.11 Å². The molecular weight excluding hydrogens is 307 g/mol. The highest BCUT2D eigenvalue weighted by molar-refractivity contribution is 7.89. The fourth-order valence-corrected chi connectivity index (χ4v) is 2.99. The molecule has 0 aliphatic carbocycles. The van der Waals surface area contributed by atoms with Crippen molar-refractivity contribution >= 4 is 10.0 Å². The van der Waals surface area contributed by atoms with Gasteiger partial charge in [0.25, 0.3) is 0 Å². The predicted molar refractivity (Wildman–Crippen MR) is 73.1 cm³/mol. The second-order valence-electron chi connectivity index (χ2n) is 4.62. The van der Waals surface area contributed by atoms with Crippen LogP contribution in [0, 0.1) is 0 Å². The van der Waals surface area contributed by atoms with Gasteiger partial charge in [0.2, 0.25) is 10.0 Å². The van der Waals surface area contributed by atoms with Crippen molar-refractivity contribution in [2.24, 2.45) is 0 Å². The predicted octanol–water partition coefficient (Wildman–Crippen LogP) is 2.46. The Kier molecular flexibility index (Phi) is 6.18. The molecule has 1 unspecified atom stereocenters. The highest BCUT2D eigenvalue weighted by Gasteiger charge is 2.34. The van der Waals surface area contributed by atoms with Crippen molar-refractivity contribution < 1.29 is 26.7 Å². The largest absolute Gasteiger partial charge is 0.416 e. The Morgan fingerprint density at radius 3 is 2.48 bits per heavy atom. The zero-order valence-electron chi connectivity index (χ0n) is 11.5. The summed E-state index contributed by atoms with van der Waals surface area (Å²) >= 11 is 0. The Labute approximate surface area is 122 Å².